The minimum atomic E-state index is -0.312. The van der Waals surface area contributed by atoms with Gasteiger partial charge in [-0.1, -0.05) is 13.8 Å². The summed E-state index contributed by atoms with van der Waals surface area (Å²) in [4.78, 5) is 31.2. The van der Waals surface area contributed by atoms with Crippen LogP contribution < -0.4 is 10.6 Å². The molecule has 2 saturated heterocycles. The topological polar surface area (TPSA) is 77.0 Å². The van der Waals surface area contributed by atoms with Crippen molar-refractivity contribution >= 4 is 17.9 Å². The summed E-state index contributed by atoms with van der Waals surface area (Å²) in [5.41, 5.74) is 0. The Morgan fingerprint density at radius 2 is 2.22 bits per heavy atom. The van der Waals surface area contributed by atoms with E-state index < -0.39 is 0 Å². The average molecular weight is 323 g/mol. The maximum absolute atomic E-state index is 11.6. The number of amides is 3. The van der Waals surface area contributed by atoms with Crippen LogP contribution in [0.1, 0.15) is 33.6 Å². The van der Waals surface area contributed by atoms with E-state index in [4.69, 9.17) is 0 Å². The molecule has 1 atom stereocenters. The van der Waals surface area contributed by atoms with Gasteiger partial charge in [-0.15, -0.1) is 0 Å². The third-order valence-electron chi connectivity index (χ3n) is 4.25. The number of guanidine groups is 1. The quantitative estimate of drug-likeness (QED) is 0.432. The predicted molar refractivity (Wildman–Crippen MR) is 90.2 cm³/mol. The Morgan fingerprint density at radius 3 is 2.83 bits per heavy atom. The third kappa shape index (κ3) is 4.84. The standard InChI is InChI=1S/C16H29N5O2/c1-4-17-15(20-7-5-13(11-20)9-12(2)3)18-6-8-21-14(22)10-19-16(21)23/h12-13H,4-11H2,1-3H3,(H,17,18)(H,19,23). The zero-order chi connectivity index (χ0) is 16.8. The number of carbonyl (C=O) groups excluding carboxylic acids is 2. The van der Waals surface area contributed by atoms with Crippen LogP contribution in [0.2, 0.25) is 0 Å². The Balaban J connectivity index is 1.88. The van der Waals surface area contributed by atoms with Crippen LogP contribution in [0.5, 0.6) is 0 Å². The van der Waals surface area contributed by atoms with E-state index in [1.807, 2.05) is 0 Å². The molecule has 2 aliphatic rings. The monoisotopic (exact) mass is 323 g/mol. The lowest BCUT2D eigenvalue weighted by molar-refractivity contribution is -0.124. The van der Waals surface area contributed by atoms with E-state index in [0.29, 0.717) is 13.1 Å². The molecule has 2 aliphatic heterocycles. The number of likely N-dealkylation sites (tertiary alicyclic amines) is 1. The van der Waals surface area contributed by atoms with Crippen LogP contribution in [-0.4, -0.2) is 67.0 Å². The van der Waals surface area contributed by atoms with Crippen molar-refractivity contribution in [2.75, 3.05) is 39.3 Å². The number of nitrogens with one attached hydrogen (secondary N) is 2. The summed E-state index contributed by atoms with van der Waals surface area (Å²) in [5, 5.41) is 5.84. The number of nitrogens with zero attached hydrogens (tertiary/aromatic N) is 3. The molecule has 0 aromatic rings. The molecule has 0 aromatic carbocycles. The van der Waals surface area contributed by atoms with Gasteiger partial charge in [0.2, 0.25) is 5.91 Å². The van der Waals surface area contributed by atoms with Crippen molar-refractivity contribution in [2.24, 2.45) is 16.8 Å². The van der Waals surface area contributed by atoms with E-state index in [9.17, 15) is 9.59 Å². The first kappa shape index (κ1) is 17.6. The molecule has 2 N–H and O–H groups in total. The summed E-state index contributed by atoms with van der Waals surface area (Å²) in [7, 11) is 0. The van der Waals surface area contributed by atoms with Gasteiger partial charge in [0.25, 0.3) is 0 Å². The van der Waals surface area contributed by atoms with Gasteiger partial charge in [-0.25, -0.2) is 4.79 Å². The molecule has 2 fully saturated rings. The van der Waals surface area contributed by atoms with Crippen LogP contribution in [-0.2, 0) is 4.79 Å². The van der Waals surface area contributed by atoms with Crippen LogP contribution in [0.4, 0.5) is 4.79 Å². The van der Waals surface area contributed by atoms with E-state index >= 15 is 0 Å². The van der Waals surface area contributed by atoms with E-state index in [0.717, 1.165) is 37.4 Å². The van der Waals surface area contributed by atoms with Crippen LogP contribution in [0.25, 0.3) is 0 Å². The van der Waals surface area contributed by atoms with Gasteiger partial charge in [-0.2, -0.15) is 0 Å². The Kier molecular flexibility index (Phi) is 6.24. The van der Waals surface area contributed by atoms with Gasteiger partial charge >= 0.3 is 6.03 Å². The summed E-state index contributed by atoms with van der Waals surface area (Å²) in [5.74, 6) is 2.17. The lowest BCUT2D eigenvalue weighted by atomic mass is 9.97. The Labute approximate surface area is 138 Å². The van der Waals surface area contributed by atoms with Gasteiger partial charge in [0.15, 0.2) is 5.96 Å². The van der Waals surface area contributed by atoms with Crippen LogP contribution in [0.3, 0.4) is 0 Å². The van der Waals surface area contributed by atoms with Crippen molar-refractivity contribution in [3.63, 3.8) is 0 Å². The van der Waals surface area contributed by atoms with Gasteiger partial charge in [-0.05, 0) is 31.6 Å². The molecule has 3 amide bonds. The lowest BCUT2D eigenvalue weighted by Crippen LogP contribution is -2.41. The highest BCUT2D eigenvalue weighted by atomic mass is 16.2. The minimum absolute atomic E-state index is 0.103. The first-order chi connectivity index (χ1) is 11.0. The van der Waals surface area contributed by atoms with Crippen molar-refractivity contribution in [2.45, 2.75) is 33.6 Å². The Hall–Kier alpha value is -1.79. The molecule has 0 bridgehead atoms. The largest absolute Gasteiger partial charge is 0.357 e. The van der Waals surface area contributed by atoms with Crippen molar-refractivity contribution in [3.05, 3.63) is 0 Å². The molecule has 130 valence electrons. The van der Waals surface area contributed by atoms with Crippen molar-refractivity contribution in [1.29, 1.82) is 0 Å². The highest BCUT2D eigenvalue weighted by Crippen LogP contribution is 2.23. The summed E-state index contributed by atoms with van der Waals surface area (Å²) in [6.07, 6.45) is 2.45. The Bertz CT molecular complexity index is 447. The van der Waals surface area contributed by atoms with Crippen LogP contribution in [0.15, 0.2) is 4.99 Å². The van der Waals surface area contributed by atoms with Gasteiger partial charge in [0, 0.05) is 19.6 Å². The lowest BCUT2D eigenvalue weighted by Gasteiger charge is -2.22. The van der Waals surface area contributed by atoms with Crippen LogP contribution in [0, 0.1) is 11.8 Å². The number of imide groups is 1. The summed E-state index contributed by atoms with van der Waals surface area (Å²) in [6, 6.07) is -0.312. The zero-order valence-electron chi connectivity index (χ0n) is 14.5. The number of urea groups is 1. The molecule has 1 unspecified atom stereocenters. The van der Waals surface area contributed by atoms with Crippen molar-refractivity contribution < 1.29 is 9.59 Å². The number of rotatable bonds is 6. The number of hydrogen-bond acceptors (Lipinski definition) is 3. The summed E-state index contributed by atoms with van der Waals surface area (Å²) in [6.45, 7) is 10.3. The molecular weight excluding hydrogens is 294 g/mol. The number of carbonyl (C=O) groups is 2. The fourth-order valence-corrected chi connectivity index (χ4v) is 3.25. The van der Waals surface area contributed by atoms with E-state index in [1.54, 1.807) is 0 Å². The molecule has 0 spiro atoms. The number of hydrogen-bond donors (Lipinski definition) is 2. The maximum Gasteiger partial charge on any atom is 0.324 e. The fourth-order valence-electron chi connectivity index (χ4n) is 3.25. The van der Waals surface area contributed by atoms with Crippen LogP contribution >= 0.6 is 0 Å². The van der Waals surface area contributed by atoms with Gasteiger partial charge in [0.05, 0.1) is 19.6 Å². The second-order valence-electron chi connectivity index (χ2n) is 6.67. The summed E-state index contributed by atoms with van der Waals surface area (Å²) >= 11 is 0. The smallest absolute Gasteiger partial charge is 0.324 e. The average Bonchev–Trinajstić information content (AvgIpc) is 3.06. The van der Waals surface area contributed by atoms with Crippen molar-refractivity contribution in [3.8, 4) is 0 Å². The first-order valence-electron chi connectivity index (χ1n) is 8.62. The highest BCUT2D eigenvalue weighted by Gasteiger charge is 2.28. The first-order valence-corrected chi connectivity index (χ1v) is 8.62. The minimum Gasteiger partial charge on any atom is -0.357 e. The predicted octanol–water partition coefficient (Wildman–Crippen LogP) is 0.872. The van der Waals surface area contributed by atoms with Crippen molar-refractivity contribution in [1.82, 2.24) is 20.4 Å². The third-order valence-corrected chi connectivity index (χ3v) is 4.25. The second kappa shape index (κ2) is 8.17. The molecular formula is C16H29N5O2. The molecule has 0 saturated carbocycles. The molecule has 7 heteroatoms. The summed E-state index contributed by atoms with van der Waals surface area (Å²) < 4.78 is 0. The van der Waals surface area contributed by atoms with E-state index in [-0.39, 0.29) is 18.5 Å². The SMILES string of the molecule is CCNC(=NCCN1C(=O)CNC1=O)N1CCC(CC(C)C)C1. The van der Waals surface area contributed by atoms with Gasteiger partial charge in [0.1, 0.15) is 0 Å². The highest BCUT2D eigenvalue weighted by molar-refractivity contribution is 6.01. The molecule has 0 aliphatic carbocycles. The molecule has 7 nitrogen and oxygen atoms in total. The van der Waals surface area contributed by atoms with Gasteiger partial charge in [-0.3, -0.25) is 14.7 Å². The molecule has 23 heavy (non-hydrogen) atoms. The normalized spacial score (nSPS) is 22.3. The van der Waals surface area contributed by atoms with Gasteiger partial charge < -0.3 is 15.5 Å². The molecule has 2 rings (SSSR count). The molecule has 0 radical (unpaired) electrons. The van der Waals surface area contributed by atoms with E-state index in [2.05, 4.69) is 41.3 Å². The van der Waals surface area contributed by atoms with E-state index in [1.165, 1.54) is 17.7 Å². The Morgan fingerprint density at radius 1 is 1.43 bits per heavy atom. The molecule has 0 aromatic heterocycles. The number of aliphatic imine (C=N–C) groups is 1. The zero-order valence-corrected chi connectivity index (χ0v) is 14.5. The molecule has 2 heterocycles. The maximum atomic E-state index is 11.6. The fraction of sp³-hybridized carbons (Fsp3) is 0.812. The second-order valence-corrected chi connectivity index (χ2v) is 6.67.